The summed E-state index contributed by atoms with van der Waals surface area (Å²) in [7, 11) is 0. The second-order valence-electron chi connectivity index (χ2n) is 7.28. The first kappa shape index (κ1) is 24.1. The molecule has 0 saturated carbocycles. The summed E-state index contributed by atoms with van der Waals surface area (Å²) in [5.41, 5.74) is 3.33. The van der Waals surface area contributed by atoms with Crippen LogP contribution >= 0.6 is 0 Å². The number of carboxylic acid groups (broad SMARTS) is 1. The smallest absolute Gasteiger partial charge is 0.341 e. The maximum atomic E-state index is 10.8. The van der Waals surface area contributed by atoms with Crippen LogP contribution in [-0.2, 0) is 9.53 Å². The third-order valence-electron chi connectivity index (χ3n) is 4.81. The number of carbonyl (C=O) groups is 1. The summed E-state index contributed by atoms with van der Waals surface area (Å²) in [6.45, 7) is 6.85. The van der Waals surface area contributed by atoms with E-state index in [1.165, 1.54) is 0 Å². The van der Waals surface area contributed by atoms with Gasteiger partial charge >= 0.3 is 5.97 Å². The van der Waals surface area contributed by atoms with Crippen molar-refractivity contribution in [2.24, 2.45) is 0 Å². The highest BCUT2D eigenvalue weighted by atomic mass is 16.5. The fourth-order valence-electron chi connectivity index (χ4n) is 3.25. The number of hydrogen-bond donors (Lipinski definition) is 1. The number of aryl methyl sites for hydroxylation is 1. The van der Waals surface area contributed by atoms with Crippen LogP contribution in [-0.4, -0.2) is 42.5 Å². The van der Waals surface area contributed by atoms with Gasteiger partial charge in [-0.1, -0.05) is 6.07 Å². The molecule has 0 saturated heterocycles. The van der Waals surface area contributed by atoms with Crippen molar-refractivity contribution in [3.63, 3.8) is 0 Å². The van der Waals surface area contributed by atoms with Gasteiger partial charge in [0.1, 0.15) is 17.2 Å². The first-order valence-corrected chi connectivity index (χ1v) is 10.9. The van der Waals surface area contributed by atoms with Crippen LogP contribution in [0.4, 0.5) is 0 Å². The number of rotatable bonds is 12. The Morgan fingerprint density at radius 3 is 2.39 bits per heavy atom. The number of benzene rings is 2. The van der Waals surface area contributed by atoms with Crippen LogP contribution in [0.2, 0.25) is 0 Å². The van der Waals surface area contributed by atoms with Crippen molar-refractivity contribution in [3.05, 3.63) is 71.9 Å². The summed E-state index contributed by atoms with van der Waals surface area (Å²) in [5.74, 6) is 0.918. The number of aliphatic carboxylic acids is 1. The minimum Gasteiger partial charge on any atom is -0.494 e. The molecule has 0 bridgehead atoms. The third-order valence-corrected chi connectivity index (χ3v) is 4.81. The summed E-state index contributed by atoms with van der Waals surface area (Å²) in [6.07, 6.45) is -0.419. The predicted molar refractivity (Wildman–Crippen MR) is 125 cm³/mol. The molecule has 174 valence electrons. The van der Waals surface area contributed by atoms with E-state index in [9.17, 15) is 4.79 Å². The molecular formula is C26H29NO6. The number of pyridine rings is 1. The van der Waals surface area contributed by atoms with Crippen molar-refractivity contribution in [3.8, 4) is 28.5 Å². The van der Waals surface area contributed by atoms with Gasteiger partial charge in [0.05, 0.1) is 24.6 Å². The molecule has 3 rings (SSSR count). The van der Waals surface area contributed by atoms with E-state index in [0.717, 1.165) is 28.3 Å². The Kier molecular flexibility index (Phi) is 8.66. The lowest BCUT2D eigenvalue weighted by Crippen LogP contribution is -2.16. The van der Waals surface area contributed by atoms with Gasteiger partial charge in [-0.3, -0.25) is 0 Å². The van der Waals surface area contributed by atoms with Crippen molar-refractivity contribution in [2.75, 3.05) is 26.4 Å². The van der Waals surface area contributed by atoms with E-state index < -0.39 is 18.7 Å². The largest absolute Gasteiger partial charge is 0.494 e. The van der Waals surface area contributed by atoms with Gasteiger partial charge in [-0.25, -0.2) is 9.78 Å². The molecule has 0 fully saturated rings. The molecule has 0 unspecified atom stereocenters. The third kappa shape index (κ3) is 6.95. The fourth-order valence-corrected chi connectivity index (χ4v) is 3.25. The maximum Gasteiger partial charge on any atom is 0.341 e. The van der Waals surface area contributed by atoms with Gasteiger partial charge in [-0.2, -0.15) is 0 Å². The van der Waals surface area contributed by atoms with Gasteiger partial charge in [0.2, 0.25) is 0 Å². The molecule has 1 N–H and O–H groups in total. The van der Waals surface area contributed by atoms with E-state index in [-0.39, 0.29) is 0 Å². The lowest BCUT2D eigenvalue weighted by atomic mass is 10.1. The minimum absolute atomic E-state index is 0.340. The fraction of sp³-hybridized carbons (Fsp3) is 0.308. The first-order chi connectivity index (χ1) is 16.0. The highest BCUT2D eigenvalue weighted by Crippen LogP contribution is 2.29. The predicted octanol–water partition coefficient (Wildman–Crippen LogP) is 5.08. The summed E-state index contributed by atoms with van der Waals surface area (Å²) in [4.78, 5) is 15.6. The number of hydrogen-bond acceptors (Lipinski definition) is 6. The second-order valence-corrected chi connectivity index (χ2v) is 7.28. The van der Waals surface area contributed by atoms with Crippen molar-refractivity contribution >= 4 is 5.97 Å². The van der Waals surface area contributed by atoms with Crippen molar-refractivity contribution in [1.82, 2.24) is 4.98 Å². The molecule has 1 atom stereocenters. The summed E-state index contributed by atoms with van der Waals surface area (Å²) in [6, 6.07) is 18.9. The first-order valence-electron chi connectivity index (χ1n) is 10.9. The Labute approximate surface area is 193 Å². The van der Waals surface area contributed by atoms with Crippen LogP contribution < -0.4 is 14.2 Å². The Balaban J connectivity index is 1.80. The minimum atomic E-state index is -1.02. The molecule has 1 heterocycles. The van der Waals surface area contributed by atoms with Crippen LogP contribution in [0.3, 0.4) is 0 Å². The average Bonchev–Trinajstić information content (AvgIpc) is 2.82. The van der Waals surface area contributed by atoms with Crippen LogP contribution in [0.25, 0.3) is 11.3 Å². The Morgan fingerprint density at radius 2 is 1.73 bits per heavy atom. The molecule has 3 aromatic rings. The van der Waals surface area contributed by atoms with Crippen molar-refractivity contribution < 1.29 is 28.8 Å². The molecule has 0 aliphatic rings. The van der Waals surface area contributed by atoms with Crippen LogP contribution in [0.15, 0.2) is 60.7 Å². The van der Waals surface area contributed by atoms with Gasteiger partial charge in [0, 0.05) is 12.2 Å². The second kappa shape index (κ2) is 11.9. The molecule has 0 amide bonds. The molecule has 0 spiro atoms. The van der Waals surface area contributed by atoms with Crippen molar-refractivity contribution in [2.45, 2.75) is 26.9 Å². The van der Waals surface area contributed by atoms with E-state index in [4.69, 9.17) is 29.0 Å². The van der Waals surface area contributed by atoms with E-state index in [1.807, 2.05) is 69.3 Å². The van der Waals surface area contributed by atoms with Gasteiger partial charge in [-0.05, 0) is 80.9 Å². The topological polar surface area (TPSA) is 87.1 Å². The zero-order valence-electron chi connectivity index (χ0n) is 19.1. The standard InChI is InChI=1S/C26H29NO6/c1-4-30-16-25(33-21-13-14-24(18(3)15-21)32-17-26(28)29)23-8-6-7-22(27-23)19-9-11-20(12-10-19)31-5-2/h6-15,25H,4-5,16-17H2,1-3H3,(H,28,29)/t25-/m0/s1. The number of ether oxygens (including phenoxy) is 4. The Hall–Kier alpha value is -3.58. The van der Waals surface area contributed by atoms with Gasteiger partial charge in [0.15, 0.2) is 12.7 Å². The lowest BCUT2D eigenvalue weighted by Gasteiger charge is -2.20. The summed E-state index contributed by atoms with van der Waals surface area (Å²) in [5, 5.41) is 8.81. The zero-order chi connectivity index (χ0) is 23.6. The quantitative estimate of drug-likeness (QED) is 0.411. The van der Waals surface area contributed by atoms with Gasteiger partial charge in [0.25, 0.3) is 0 Å². The molecule has 7 nitrogen and oxygen atoms in total. The summed E-state index contributed by atoms with van der Waals surface area (Å²) >= 11 is 0. The average molecular weight is 452 g/mol. The van der Waals surface area contributed by atoms with Gasteiger partial charge < -0.3 is 24.1 Å². The Bertz CT molecular complexity index is 1050. The SMILES string of the molecule is CCOC[C@H](Oc1ccc(OCC(=O)O)c(C)c1)c1cccc(-c2ccc(OCC)cc2)n1. The normalized spacial score (nSPS) is 11.6. The molecule has 7 heteroatoms. The highest BCUT2D eigenvalue weighted by molar-refractivity contribution is 5.68. The van der Waals surface area contributed by atoms with Gasteiger partial charge in [-0.15, -0.1) is 0 Å². The zero-order valence-corrected chi connectivity index (χ0v) is 19.1. The summed E-state index contributed by atoms with van der Waals surface area (Å²) < 4.78 is 22.7. The maximum absolute atomic E-state index is 10.8. The van der Waals surface area contributed by atoms with E-state index in [2.05, 4.69) is 0 Å². The number of nitrogens with zero attached hydrogens (tertiary/aromatic N) is 1. The highest BCUT2D eigenvalue weighted by Gasteiger charge is 2.17. The lowest BCUT2D eigenvalue weighted by molar-refractivity contribution is -0.139. The molecule has 0 radical (unpaired) electrons. The monoisotopic (exact) mass is 451 g/mol. The molecule has 33 heavy (non-hydrogen) atoms. The van der Waals surface area contributed by atoms with Crippen LogP contribution in [0, 0.1) is 6.92 Å². The Morgan fingerprint density at radius 1 is 0.970 bits per heavy atom. The van der Waals surface area contributed by atoms with E-state index in [1.54, 1.807) is 12.1 Å². The van der Waals surface area contributed by atoms with E-state index >= 15 is 0 Å². The number of carboxylic acids is 1. The molecule has 0 aliphatic carbocycles. The van der Waals surface area contributed by atoms with Crippen molar-refractivity contribution in [1.29, 1.82) is 0 Å². The van der Waals surface area contributed by atoms with E-state index in [0.29, 0.717) is 31.3 Å². The molecule has 1 aromatic heterocycles. The molecular weight excluding hydrogens is 422 g/mol. The number of aromatic nitrogens is 1. The van der Waals surface area contributed by atoms with Crippen LogP contribution in [0.1, 0.15) is 31.2 Å². The van der Waals surface area contributed by atoms with Crippen LogP contribution in [0.5, 0.6) is 17.2 Å². The molecule has 2 aromatic carbocycles. The molecule has 0 aliphatic heterocycles.